The SMILES string of the molecule is C=C(CCC=C(C)CCC=C(C)CCC=C(C)C)COC. The molecule has 0 atom stereocenters. The van der Waals surface area contributed by atoms with Crippen molar-refractivity contribution in [1.29, 1.82) is 0 Å². The van der Waals surface area contributed by atoms with Gasteiger partial charge in [-0.2, -0.15) is 0 Å². The van der Waals surface area contributed by atoms with Crippen molar-refractivity contribution in [1.82, 2.24) is 0 Å². The number of hydrogen-bond acceptors (Lipinski definition) is 1. The first kappa shape index (κ1) is 19.9. The van der Waals surface area contributed by atoms with Crippen molar-refractivity contribution in [3.05, 3.63) is 47.1 Å². The minimum absolute atomic E-state index is 0.681. The molecule has 120 valence electrons. The van der Waals surface area contributed by atoms with Gasteiger partial charge in [0.25, 0.3) is 0 Å². The molecule has 0 radical (unpaired) electrons. The van der Waals surface area contributed by atoms with E-state index in [9.17, 15) is 0 Å². The van der Waals surface area contributed by atoms with Gasteiger partial charge in [-0.1, -0.05) is 47.1 Å². The quantitative estimate of drug-likeness (QED) is 0.401. The lowest BCUT2D eigenvalue weighted by Gasteiger charge is -2.03. The summed E-state index contributed by atoms with van der Waals surface area (Å²) in [5.41, 5.74) is 5.58. The van der Waals surface area contributed by atoms with Crippen molar-refractivity contribution in [2.75, 3.05) is 13.7 Å². The Hall–Kier alpha value is -1.08. The molecule has 0 aromatic carbocycles. The van der Waals surface area contributed by atoms with Crippen LogP contribution in [0.15, 0.2) is 47.1 Å². The van der Waals surface area contributed by atoms with Crippen LogP contribution < -0.4 is 0 Å². The van der Waals surface area contributed by atoms with Crippen molar-refractivity contribution < 1.29 is 4.74 Å². The number of rotatable bonds is 11. The van der Waals surface area contributed by atoms with Crippen LogP contribution in [0.25, 0.3) is 0 Å². The first-order chi connectivity index (χ1) is 9.95. The fourth-order valence-electron chi connectivity index (χ4n) is 2.14. The minimum Gasteiger partial charge on any atom is -0.380 e. The van der Waals surface area contributed by atoms with Gasteiger partial charge in [-0.3, -0.25) is 0 Å². The first-order valence-electron chi connectivity index (χ1n) is 8.06. The van der Waals surface area contributed by atoms with Crippen molar-refractivity contribution in [3.63, 3.8) is 0 Å². The summed E-state index contributed by atoms with van der Waals surface area (Å²) in [4.78, 5) is 0. The molecule has 21 heavy (non-hydrogen) atoms. The topological polar surface area (TPSA) is 9.23 Å². The van der Waals surface area contributed by atoms with E-state index in [2.05, 4.69) is 52.5 Å². The van der Waals surface area contributed by atoms with E-state index >= 15 is 0 Å². The molecule has 0 saturated heterocycles. The van der Waals surface area contributed by atoms with Gasteiger partial charge in [0, 0.05) is 7.11 Å². The van der Waals surface area contributed by atoms with Crippen LogP contribution in [-0.2, 0) is 4.74 Å². The van der Waals surface area contributed by atoms with Crippen LogP contribution >= 0.6 is 0 Å². The highest BCUT2D eigenvalue weighted by Crippen LogP contribution is 2.13. The Morgan fingerprint density at radius 2 is 1.29 bits per heavy atom. The second-order valence-corrected chi connectivity index (χ2v) is 6.18. The van der Waals surface area contributed by atoms with Crippen molar-refractivity contribution in [2.45, 2.75) is 66.2 Å². The van der Waals surface area contributed by atoms with Crippen LogP contribution in [-0.4, -0.2) is 13.7 Å². The summed E-state index contributed by atoms with van der Waals surface area (Å²) in [6.07, 6.45) is 13.8. The average Bonchev–Trinajstić information content (AvgIpc) is 2.38. The van der Waals surface area contributed by atoms with Crippen LogP contribution in [0.1, 0.15) is 66.2 Å². The predicted octanol–water partition coefficient (Wildman–Crippen LogP) is 6.39. The van der Waals surface area contributed by atoms with E-state index in [0.717, 1.165) is 25.7 Å². The maximum Gasteiger partial charge on any atom is 0.0670 e. The van der Waals surface area contributed by atoms with Crippen LogP contribution in [0.3, 0.4) is 0 Å². The number of hydrogen-bond donors (Lipinski definition) is 0. The molecule has 1 heteroatoms. The molecule has 0 amide bonds. The molecule has 0 aromatic heterocycles. The second kappa shape index (κ2) is 12.6. The zero-order chi connectivity index (χ0) is 16.1. The lowest BCUT2D eigenvalue weighted by atomic mass is 10.0. The van der Waals surface area contributed by atoms with Crippen molar-refractivity contribution in [3.8, 4) is 0 Å². The maximum absolute atomic E-state index is 5.07. The highest BCUT2D eigenvalue weighted by molar-refractivity contribution is 5.06. The second-order valence-electron chi connectivity index (χ2n) is 6.18. The predicted molar refractivity (Wildman–Crippen MR) is 95.7 cm³/mol. The Labute approximate surface area is 132 Å². The van der Waals surface area contributed by atoms with Gasteiger partial charge in [0.15, 0.2) is 0 Å². The van der Waals surface area contributed by atoms with Crippen LogP contribution in [0.2, 0.25) is 0 Å². The largest absolute Gasteiger partial charge is 0.380 e. The van der Waals surface area contributed by atoms with E-state index in [1.54, 1.807) is 7.11 Å². The van der Waals surface area contributed by atoms with E-state index < -0.39 is 0 Å². The van der Waals surface area contributed by atoms with Crippen LogP contribution in [0.4, 0.5) is 0 Å². The summed E-state index contributed by atoms with van der Waals surface area (Å²) in [5.74, 6) is 0. The van der Waals surface area contributed by atoms with Crippen molar-refractivity contribution in [2.24, 2.45) is 0 Å². The Bertz CT molecular complexity index is 379. The van der Waals surface area contributed by atoms with E-state index in [1.165, 1.54) is 35.1 Å². The van der Waals surface area contributed by atoms with Gasteiger partial charge in [-0.25, -0.2) is 0 Å². The third-order valence-electron chi connectivity index (χ3n) is 3.46. The molecular formula is C20H34O. The normalized spacial score (nSPS) is 12.4. The lowest BCUT2D eigenvalue weighted by Crippen LogP contribution is -1.92. The van der Waals surface area contributed by atoms with Gasteiger partial charge < -0.3 is 4.74 Å². The summed E-state index contributed by atoms with van der Waals surface area (Å²) in [7, 11) is 1.72. The Morgan fingerprint density at radius 1 is 0.810 bits per heavy atom. The molecule has 0 aliphatic heterocycles. The molecule has 0 heterocycles. The summed E-state index contributed by atoms with van der Waals surface area (Å²) < 4.78 is 5.07. The molecule has 0 rings (SSSR count). The van der Waals surface area contributed by atoms with E-state index in [4.69, 9.17) is 4.74 Å². The molecule has 1 nitrogen and oxygen atoms in total. The molecule has 0 spiro atoms. The number of allylic oxidation sites excluding steroid dienone is 6. The van der Waals surface area contributed by atoms with Gasteiger partial charge in [-0.05, 0) is 66.2 Å². The fraction of sp³-hybridized carbons (Fsp3) is 0.600. The van der Waals surface area contributed by atoms with Crippen molar-refractivity contribution >= 4 is 0 Å². The van der Waals surface area contributed by atoms with E-state index in [0.29, 0.717) is 6.61 Å². The third-order valence-corrected chi connectivity index (χ3v) is 3.46. The highest BCUT2D eigenvalue weighted by atomic mass is 16.5. The van der Waals surface area contributed by atoms with E-state index in [-0.39, 0.29) is 0 Å². The molecule has 0 bridgehead atoms. The monoisotopic (exact) mass is 290 g/mol. The molecule has 0 aromatic rings. The average molecular weight is 290 g/mol. The molecule has 0 saturated carbocycles. The standard InChI is InChI=1S/C20H34O/c1-17(2)10-7-11-18(3)12-8-13-19(4)14-9-15-20(5)16-21-6/h10,12,14H,5,7-9,11,13,15-16H2,1-4,6H3. The van der Waals surface area contributed by atoms with Gasteiger partial charge in [0.2, 0.25) is 0 Å². The summed E-state index contributed by atoms with van der Waals surface area (Å²) in [5, 5.41) is 0. The first-order valence-corrected chi connectivity index (χ1v) is 8.06. The van der Waals surface area contributed by atoms with Gasteiger partial charge in [0.1, 0.15) is 0 Å². The maximum atomic E-state index is 5.07. The molecule has 0 aliphatic carbocycles. The lowest BCUT2D eigenvalue weighted by molar-refractivity contribution is 0.223. The fourth-order valence-corrected chi connectivity index (χ4v) is 2.14. The summed E-state index contributed by atoms with van der Waals surface area (Å²) >= 11 is 0. The molecular weight excluding hydrogens is 256 g/mol. The highest BCUT2D eigenvalue weighted by Gasteiger charge is 1.94. The number of ether oxygens (including phenoxy) is 1. The molecule has 0 N–H and O–H groups in total. The zero-order valence-electron chi connectivity index (χ0n) is 14.8. The number of methoxy groups -OCH3 is 1. The van der Waals surface area contributed by atoms with Gasteiger partial charge >= 0.3 is 0 Å². The Kier molecular flexibility index (Phi) is 12.0. The third kappa shape index (κ3) is 13.7. The van der Waals surface area contributed by atoms with Gasteiger partial charge in [-0.15, -0.1) is 0 Å². The van der Waals surface area contributed by atoms with Gasteiger partial charge in [0.05, 0.1) is 6.61 Å². The smallest absolute Gasteiger partial charge is 0.0670 e. The summed E-state index contributed by atoms with van der Waals surface area (Å²) in [6.45, 7) is 13.5. The Balaban J connectivity index is 3.88. The summed E-state index contributed by atoms with van der Waals surface area (Å²) in [6, 6.07) is 0. The van der Waals surface area contributed by atoms with E-state index in [1.807, 2.05) is 0 Å². The Morgan fingerprint density at radius 3 is 1.76 bits per heavy atom. The molecule has 0 aliphatic rings. The molecule has 0 fully saturated rings. The van der Waals surface area contributed by atoms with Crippen LogP contribution in [0.5, 0.6) is 0 Å². The zero-order valence-corrected chi connectivity index (χ0v) is 14.8. The minimum atomic E-state index is 0.681. The van der Waals surface area contributed by atoms with Crippen LogP contribution in [0, 0.1) is 0 Å². The molecule has 0 unspecified atom stereocenters.